The van der Waals surface area contributed by atoms with Crippen LogP contribution in [0.15, 0.2) is 53.3 Å². The van der Waals surface area contributed by atoms with Gasteiger partial charge in [-0.2, -0.15) is 0 Å². The molecule has 0 amide bonds. The standard InChI is InChI=1S/C23H25NO5/c1-23(2,3)29-20(22(26)27)19-18(14-9-8-10-15(13-14)28-5)16-11-6-7-12-17(16)21(25)24(19)4/h6-13,20H,1-5H3,(H,26,27). The van der Waals surface area contributed by atoms with Gasteiger partial charge in [-0.1, -0.05) is 30.3 Å². The molecule has 0 aliphatic carbocycles. The number of methoxy groups -OCH3 is 1. The molecule has 3 aromatic rings. The Kier molecular flexibility index (Phi) is 5.48. The molecule has 0 radical (unpaired) electrons. The van der Waals surface area contributed by atoms with Gasteiger partial charge in [-0.25, -0.2) is 4.79 Å². The zero-order chi connectivity index (χ0) is 21.3. The molecule has 29 heavy (non-hydrogen) atoms. The lowest BCUT2D eigenvalue weighted by Gasteiger charge is -2.28. The number of nitrogens with zero attached hydrogens (tertiary/aromatic N) is 1. The number of hydrogen-bond acceptors (Lipinski definition) is 4. The van der Waals surface area contributed by atoms with Gasteiger partial charge in [-0.15, -0.1) is 0 Å². The highest BCUT2D eigenvalue weighted by atomic mass is 16.5. The Hall–Kier alpha value is -3.12. The molecule has 1 N–H and O–H groups in total. The maximum absolute atomic E-state index is 13.0. The number of carbonyl (C=O) groups is 1. The minimum absolute atomic E-state index is 0.272. The summed E-state index contributed by atoms with van der Waals surface area (Å²) in [6, 6.07) is 14.5. The lowest BCUT2D eigenvalue weighted by molar-refractivity contribution is -0.161. The predicted octanol–water partition coefficient (Wildman–Crippen LogP) is 4.15. The number of carboxylic acid groups (broad SMARTS) is 1. The highest BCUT2D eigenvalue weighted by Gasteiger charge is 2.32. The third kappa shape index (κ3) is 4.03. The first kappa shape index (κ1) is 20.6. The van der Waals surface area contributed by atoms with Gasteiger partial charge in [0.15, 0.2) is 6.10 Å². The number of aliphatic carboxylic acids is 1. The molecule has 6 nitrogen and oxygen atoms in total. The van der Waals surface area contributed by atoms with E-state index >= 15 is 0 Å². The van der Waals surface area contributed by atoms with E-state index in [0.29, 0.717) is 27.8 Å². The number of fused-ring (bicyclic) bond motifs is 1. The molecule has 0 bridgehead atoms. The molecule has 1 heterocycles. The van der Waals surface area contributed by atoms with Crippen LogP contribution >= 0.6 is 0 Å². The average Bonchev–Trinajstić information content (AvgIpc) is 2.68. The van der Waals surface area contributed by atoms with Crippen molar-refractivity contribution in [1.29, 1.82) is 0 Å². The van der Waals surface area contributed by atoms with E-state index in [1.54, 1.807) is 47.1 Å². The summed E-state index contributed by atoms with van der Waals surface area (Å²) in [6.07, 6.45) is -1.32. The maximum Gasteiger partial charge on any atom is 0.339 e. The topological polar surface area (TPSA) is 77.8 Å². The van der Waals surface area contributed by atoms with E-state index in [1.165, 1.54) is 4.57 Å². The quantitative estimate of drug-likeness (QED) is 0.702. The summed E-state index contributed by atoms with van der Waals surface area (Å²) in [4.78, 5) is 25.3. The van der Waals surface area contributed by atoms with Crippen LogP contribution in [0, 0.1) is 0 Å². The fourth-order valence-corrected chi connectivity index (χ4v) is 3.45. The van der Waals surface area contributed by atoms with Gasteiger partial charge in [0, 0.05) is 18.0 Å². The molecule has 0 aliphatic heterocycles. The third-order valence-electron chi connectivity index (χ3n) is 4.65. The highest BCUT2D eigenvalue weighted by molar-refractivity contribution is 5.99. The monoisotopic (exact) mass is 395 g/mol. The Labute approximate surface area is 169 Å². The molecule has 0 fully saturated rings. The fraction of sp³-hybridized carbons (Fsp3) is 0.304. The van der Waals surface area contributed by atoms with Crippen molar-refractivity contribution in [2.45, 2.75) is 32.5 Å². The van der Waals surface area contributed by atoms with Crippen LogP contribution in [0.5, 0.6) is 5.75 Å². The molecule has 1 atom stereocenters. The summed E-state index contributed by atoms with van der Waals surface area (Å²) in [6.45, 7) is 5.36. The summed E-state index contributed by atoms with van der Waals surface area (Å²) >= 11 is 0. The fourth-order valence-electron chi connectivity index (χ4n) is 3.45. The Balaban J connectivity index is 2.46. The number of aromatic nitrogens is 1. The van der Waals surface area contributed by atoms with Crippen molar-refractivity contribution in [2.24, 2.45) is 7.05 Å². The summed E-state index contributed by atoms with van der Waals surface area (Å²) in [5, 5.41) is 11.2. The van der Waals surface area contributed by atoms with Crippen molar-refractivity contribution in [3.05, 3.63) is 64.6 Å². The molecular formula is C23H25NO5. The second kappa shape index (κ2) is 7.72. The Bertz CT molecular complexity index is 1120. The predicted molar refractivity (Wildman–Crippen MR) is 112 cm³/mol. The number of pyridine rings is 1. The van der Waals surface area contributed by atoms with Crippen molar-refractivity contribution in [3.63, 3.8) is 0 Å². The SMILES string of the molecule is COc1cccc(-c2c(C(OC(C)(C)C)C(=O)O)n(C)c(=O)c3ccccc23)c1. The van der Waals surface area contributed by atoms with Gasteiger partial charge < -0.3 is 19.1 Å². The van der Waals surface area contributed by atoms with Crippen LogP contribution < -0.4 is 10.3 Å². The van der Waals surface area contributed by atoms with E-state index in [4.69, 9.17) is 9.47 Å². The lowest BCUT2D eigenvalue weighted by Crippen LogP contribution is -2.32. The van der Waals surface area contributed by atoms with Gasteiger partial charge in [-0.3, -0.25) is 4.79 Å². The van der Waals surface area contributed by atoms with Gasteiger partial charge in [0.05, 0.1) is 18.4 Å². The zero-order valence-corrected chi connectivity index (χ0v) is 17.2. The smallest absolute Gasteiger partial charge is 0.339 e. The summed E-state index contributed by atoms with van der Waals surface area (Å²) < 4.78 is 12.6. The van der Waals surface area contributed by atoms with Gasteiger partial charge >= 0.3 is 5.97 Å². The van der Waals surface area contributed by atoms with E-state index in [-0.39, 0.29) is 5.56 Å². The lowest BCUT2D eigenvalue weighted by atomic mass is 9.94. The van der Waals surface area contributed by atoms with Gasteiger partial charge in [0.2, 0.25) is 0 Å². The zero-order valence-electron chi connectivity index (χ0n) is 17.2. The van der Waals surface area contributed by atoms with Crippen LogP contribution in [0.3, 0.4) is 0 Å². The van der Waals surface area contributed by atoms with Crippen molar-refractivity contribution >= 4 is 16.7 Å². The molecule has 152 valence electrons. The van der Waals surface area contributed by atoms with Crippen LogP contribution in [0.2, 0.25) is 0 Å². The molecule has 6 heteroatoms. The van der Waals surface area contributed by atoms with Gasteiger partial charge in [0.1, 0.15) is 5.75 Å². The minimum Gasteiger partial charge on any atom is -0.497 e. The van der Waals surface area contributed by atoms with E-state index in [1.807, 2.05) is 36.4 Å². The van der Waals surface area contributed by atoms with Crippen LogP contribution in [0.1, 0.15) is 32.6 Å². The number of rotatable bonds is 5. The highest BCUT2D eigenvalue weighted by Crippen LogP contribution is 2.37. The first-order chi connectivity index (χ1) is 13.6. The first-order valence-electron chi connectivity index (χ1n) is 9.30. The van der Waals surface area contributed by atoms with E-state index < -0.39 is 17.7 Å². The maximum atomic E-state index is 13.0. The van der Waals surface area contributed by atoms with Crippen molar-refractivity contribution < 1.29 is 19.4 Å². The van der Waals surface area contributed by atoms with Crippen LogP contribution in [-0.4, -0.2) is 28.4 Å². The Morgan fingerprint density at radius 2 is 1.72 bits per heavy atom. The molecule has 0 saturated carbocycles. The minimum atomic E-state index is -1.32. The largest absolute Gasteiger partial charge is 0.497 e. The molecule has 0 saturated heterocycles. The molecule has 0 spiro atoms. The van der Waals surface area contributed by atoms with E-state index in [0.717, 1.165) is 5.56 Å². The Morgan fingerprint density at radius 1 is 1.07 bits per heavy atom. The number of carboxylic acids is 1. The number of hydrogen-bond donors (Lipinski definition) is 1. The van der Waals surface area contributed by atoms with E-state index in [9.17, 15) is 14.7 Å². The molecular weight excluding hydrogens is 370 g/mol. The number of benzene rings is 2. The van der Waals surface area contributed by atoms with Crippen LogP contribution in [0.25, 0.3) is 21.9 Å². The normalized spacial score (nSPS) is 12.7. The second-order valence-corrected chi connectivity index (χ2v) is 7.85. The summed E-state index contributed by atoms with van der Waals surface area (Å²) in [5.41, 5.74) is 0.680. The summed E-state index contributed by atoms with van der Waals surface area (Å²) in [7, 11) is 3.15. The van der Waals surface area contributed by atoms with Crippen LogP contribution in [-0.2, 0) is 16.6 Å². The third-order valence-corrected chi connectivity index (χ3v) is 4.65. The van der Waals surface area contributed by atoms with Crippen molar-refractivity contribution in [1.82, 2.24) is 4.57 Å². The van der Waals surface area contributed by atoms with Crippen molar-refractivity contribution in [3.8, 4) is 16.9 Å². The summed E-state index contributed by atoms with van der Waals surface area (Å²) in [5.74, 6) is -0.524. The molecule has 0 aliphatic rings. The molecule has 1 aromatic heterocycles. The van der Waals surface area contributed by atoms with Crippen molar-refractivity contribution in [2.75, 3.05) is 7.11 Å². The molecule has 2 aromatic carbocycles. The first-order valence-corrected chi connectivity index (χ1v) is 9.30. The number of ether oxygens (including phenoxy) is 2. The average molecular weight is 395 g/mol. The van der Waals surface area contributed by atoms with Gasteiger partial charge in [-0.05, 0) is 49.9 Å². The van der Waals surface area contributed by atoms with Crippen LogP contribution in [0.4, 0.5) is 0 Å². The Morgan fingerprint density at radius 3 is 2.31 bits per heavy atom. The molecule has 3 rings (SSSR count). The molecule has 1 unspecified atom stereocenters. The van der Waals surface area contributed by atoms with E-state index in [2.05, 4.69) is 0 Å². The van der Waals surface area contributed by atoms with Gasteiger partial charge in [0.25, 0.3) is 5.56 Å². The second-order valence-electron chi connectivity index (χ2n) is 7.85.